The Morgan fingerprint density at radius 3 is 2.17 bits per heavy atom. The van der Waals surface area contributed by atoms with Gasteiger partial charge < -0.3 is 10.6 Å². The van der Waals surface area contributed by atoms with E-state index in [1.165, 1.54) is 0 Å². The van der Waals surface area contributed by atoms with Crippen LogP contribution in [0.4, 0.5) is 0 Å². The molecule has 1 heterocycles. The highest BCUT2D eigenvalue weighted by atomic mass is 32.2. The number of piperidine rings is 1. The lowest BCUT2D eigenvalue weighted by atomic mass is 9.91. The van der Waals surface area contributed by atoms with Crippen molar-refractivity contribution in [3.8, 4) is 0 Å². The van der Waals surface area contributed by atoms with Crippen molar-refractivity contribution in [3.63, 3.8) is 0 Å². The van der Waals surface area contributed by atoms with E-state index in [9.17, 15) is 8.42 Å². The van der Waals surface area contributed by atoms with Crippen LogP contribution in [-0.4, -0.2) is 49.5 Å². The molecule has 0 amide bonds. The second-order valence-corrected chi connectivity index (χ2v) is 9.33. The molecule has 2 N–H and O–H groups in total. The Morgan fingerprint density at radius 1 is 1.28 bits per heavy atom. The Labute approximate surface area is 112 Å². The summed E-state index contributed by atoms with van der Waals surface area (Å²) in [7, 11) is -2.99. The van der Waals surface area contributed by atoms with Crippen molar-refractivity contribution in [1.82, 2.24) is 4.90 Å². The Balaban J connectivity index is 2.39. The molecule has 0 aromatic heterocycles. The number of hydrogen-bond donors (Lipinski definition) is 1. The minimum atomic E-state index is -2.99. The van der Waals surface area contributed by atoms with Crippen LogP contribution in [0.25, 0.3) is 0 Å². The maximum atomic E-state index is 12.0. The molecule has 0 aliphatic carbocycles. The van der Waals surface area contributed by atoms with Crippen LogP contribution in [0.5, 0.6) is 0 Å². The Hall–Kier alpha value is -0.130. The van der Waals surface area contributed by atoms with E-state index in [4.69, 9.17) is 5.73 Å². The molecule has 1 saturated heterocycles. The van der Waals surface area contributed by atoms with Crippen LogP contribution in [0.1, 0.15) is 40.5 Å². The van der Waals surface area contributed by atoms with Crippen LogP contribution in [0.2, 0.25) is 0 Å². The quantitative estimate of drug-likeness (QED) is 0.839. The highest BCUT2D eigenvalue weighted by molar-refractivity contribution is 7.92. The van der Waals surface area contributed by atoms with E-state index in [1.54, 1.807) is 20.8 Å². The van der Waals surface area contributed by atoms with E-state index >= 15 is 0 Å². The Kier molecular flexibility index (Phi) is 5.21. The minimum Gasteiger partial charge on any atom is -0.328 e. The molecule has 0 saturated carbocycles. The van der Waals surface area contributed by atoms with Gasteiger partial charge in [-0.1, -0.05) is 0 Å². The summed E-state index contributed by atoms with van der Waals surface area (Å²) in [6.45, 7) is 9.98. The van der Waals surface area contributed by atoms with Crippen molar-refractivity contribution in [3.05, 3.63) is 0 Å². The lowest BCUT2D eigenvalue weighted by Gasteiger charge is -2.34. The number of nitrogens with zero attached hydrogens (tertiary/aromatic N) is 1. The third-order valence-corrected chi connectivity index (χ3v) is 6.57. The van der Waals surface area contributed by atoms with E-state index < -0.39 is 14.6 Å². The van der Waals surface area contributed by atoms with Gasteiger partial charge in [0.05, 0.1) is 10.5 Å². The number of rotatable bonds is 4. The zero-order valence-corrected chi connectivity index (χ0v) is 13.0. The first-order valence-electron chi connectivity index (χ1n) is 6.84. The van der Waals surface area contributed by atoms with Crippen LogP contribution in [0, 0.1) is 5.92 Å². The average molecular weight is 276 g/mol. The third kappa shape index (κ3) is 4.21. The summed E-state index contributed by atoms with van der Waals surface area (Å²) in [5.41, 5.74) is 5.90. The van der Waals surface area contributed by atoms with Gasteiger partial charge in [-0.2, -0.15) is 0 Å². The lowest BCUT2D eigenvalue weighted by molar-refractivity contribution is 0.180. The number of hydrogen-bond acceptors (Lipinski definition) is 4. The van der Waals surface area contributed by atoms with Gasteiger partial charge in [0.1, 0.15) is 0 Å². The van der Waals surface area contributed by atoms with Gasteiger partial charge in [0, 0.05) is 12.6 Å². The second-order valence-electron chi connectivity index (χ2n) is 6.47. The molecular weight excluding hydrogens is 248 g/mol. The van der Waals surface area contributed by atoms with Gasteiger partial charge in [0.25, 0.3) is 0 Å². The van der Waals surface area contributed by atoms with E-state index in [2.05, 4.69) is 11.8 Å². The average Bonchev–Trinajstić information content (AvgIpc) is 2.25. The summed E-state index contributed by atoms with van der Waals surface area (Å²) in [5.74, 6) is 0.861. The molecule has 108 valence electrons. The first kappa shape index (κ1) is 15.9. The first-order chi connectivity index (χ1) is 8.13. The number of nitrogens with two attached hydrogens (primary N) is 1. The molecule has 1 aliphatic rings. The standard InChI is InChI=1S/C13H28N2O2S/c1-11(14)12-5-7-15(8-6-12)9-10-18(16,17)13(2,3)4/h11-12H,5-10,14H2,1-4H3. The van der Waals surface area contributed by atoms with Crippen molar-refractivity contribution < 1.29 is 8.42 Å². The molecule has 1 rings (SSSR count). The monoisotopic (exact) mass is 276 g/mol. The minimum absolute atomic E-state index is 0.255. The molecular formula is C13H28N2O2S. The summed E-state index contributed by atoms with van der Waals surface area (Å²) in [6, 6.07) is 0.255. The van der Waals surface area contributed by atoms with E-state index in [1.807, 2.05) is 0 Å². The molecule has 18 heavy (non-hydrogen) atoms. The predicted octanol–water partition coefficient (Wildman–Crippen LogP) is 1.26. The molecule has 0 bridgehead atoms. The summed E-state index contributed by atoms with van der Waals surface area (Å²) < 4.78 is 23.4. The SMILES string of the molecule is CC(N)C1CCN(CCS(=O)(=O)C(C)(C)C)CC1. The van der Waals surface area contributed by atoms with Crippen LogP contribution >= 0.6 is 0 Å². The van der Waals surface area contributed by atoms with Gasteiger partial charge in [0.15, 0.2) is 9.84 Å². The van der Waals surface area contributed by atoms with E-state index in [0.717, 1.165) is 25.9 Å². The summed E-state index contributed by atoms with van der Waals surface area (Å²) in [5, 5.41) is 0. The lowest BCUT2D eigenvalue weighted by Crippen LogP contribution is -2.42. The Bertz CT molecular complexity index is 350. The van der Waals surface area contributed by atoms with E-state index in [0.29, 0.717) is 12.5 Å². The highest BCUT2D eigenvalue weighted by Gasteiger charge is 2.30. The largest absolute Gasteiger partial charge is 0.328 e. The molecule has 0 radical (unpaired) electrons. The van der Waals surface area contributed by atoms with Crippen LogP contribution in [0.15, 0.2) is 0 Å². The highest BCUT2D eigenvalue weighted by Crippen LogP contribution is 2.21. The normalized spacial score (nSPS) is 22.1. The van der Waals surface area contributed by atoms with Gasteiger partial charge >= 0.3 is 0 Å². The van der Waals surface area contributed by atoms with Crippen LogP contribution < -0.4 is 5.73 Å². The molecule has 0 aromatic rings. The third-order valence-electron chi connectivity index (χ3n) is 3.99. The van der Waals surface area contributed by atoms with Crippen molar-refractivity contribution in [1.29, 1.82) is 0 Å². The topological polar surface area (TPSA) is 63.4 Å². The van der Waals surface area contributed by atoms with Crippen molar-refractivity contribution >= 4 is 9.84 Å². The maximum absolute atomic E-state index is 12.0. The molecule has 5 heteroatoms. The molecule has 1 atom stereocenters. The van der Waals surface area contributed by atoms with Gasteiger partial charge in [0.2, 0.25) is 0 Å². The fourth-order valence-corrected chi connectivity index (χ4v) is 3.37. The fraction of sp³-hybridized carbons (Fsp3) is 1.00. The van der Waals surface area contributed by atoms with Crippen molar-refractivity contribution in [2.24, 2.45) is 11.7 Å². The molecule has 0 spiro atoms. The van der Waals surface area contributed by atoms with Crippen molar-refractivity contribution in [2.75, 3.05) is 25.4 Å². The Morgan fingerprint density at radius 2 is 1.78 bits per heavy atom. The fourth-order valence-electron chi connectivity index (χ4n) is 2.26. The van der Waals surface area contributed by atoms with Crippen molar-refractivity contribution in [2.45, 2.75) is 51.3 Å². The molecule has 1 aliphatic heterocycles. The molecule has 0 aromatic carbocycles. The summed E-state index contributed by atoms with van der Waals surface area (Å²) >= 11 is 0. The number of likely N-dealkylation sites (tertiary alicyclic amines) is 1. The summed E-state index contributed by atoms with van der Waals surface area (Å²) in [6.07, 6.45) is 2.18. The van der Waals surface area contributed by atoms with Gasteiger partial charge in [-0.15, -0.1) is 0 Å². The molecule has 4 nitrogen and oxygen atoms in total. The smallest absolute Gasteiger partial charge is 0.156 e. The number of sulfone groups is 1. The zero-order valence-electron chi connectivity index (χ0n) is 12.1. The van der Waals surface area contributed by atoms with E-state index in [-0.39, 0.29) is 11.8 Å². The predicted molar refractivity (Wildman–Crippen MR) is 76.4 cm³/mol. The van der Waals surface area contributed by atoms with Crippen LogP contribution in [-0.2, 0) is 9.84 Å². The molecule has 1 unspecified atom stereocenters. The molecule has 1 fully saturated rings. The van der Waals surface area contributed by atoms with Crippen LogP contribution in [0.3, 0.4) is 0 Å². The second kappa shape index (κ2) is 5.88. The van der Waals surface area contributed by atoms with Gasteiger partial charge in [-0.05, 0) is 59.5 Å². The maximum Gasteiger partial charge on any atom is 0.156 e. The zero-order chi connectivity index (χ0) is 14.0. The van der Waals surface area contributed by atoms with Gasteiger partial charge in [-0.3, -0.25) is 0 Å². The first-order valence-corrected chi connectivity index (χ1v) is 8.49. The summed E-state index contributed by atoms with van der Waals surface area (Å²) in [4.78, 5) is 2.25. The van der Waals surface area contributed by atoms with Gasteiger partial charge in [-0.25, -0.2) is 8.42 Å².